The fraction of sp³-hybridized carbons (Fsp3) is 0.471. The highest BCUT2D eigenvalue weighted by Crippen LogP contribution is 2.45. The van der Waals surface area contributed by atoms with Crippen molar-refractivity contribution < 1.29 is 0 Å². The van der Waals surface area contributed by atoms with Gasteiger partial charge in [-0.2, -0.15) is 0 Å². The van der Waals surface area contributed by atoms with E-state index in [4.69, 9.17) is 5.73 Å². The second-order valence-electron chi connectivity index (χ2n) is 6.72. The number of rotatable bonds is 1. The molecule has 0 unspecified atom stereocenters. The van der Waals surface area contributed by atoms with Gasteiger partial charge in [-0.25, -0.2) is 0 Å². The number of pyridine rings is 1. The van der Waals surface area contributed by atoms with E-state index >= 15 is 0 Å². The molecule has 1 fully saturated rings. The minimum Gasteiger partial charge on any atom is -0.321 e. The third kappa shape index (κ3) is 2.25. The Bertz CT molecular complexity index is 586. The molecule has 1 aromatic carbocycles. The van der Waals surface area contributed by atoms with Crippen LogP contribution in [0.15, 0.2) is 36.7 Å². The number of aromatic nitrogens is 1. The highest BCUT2D eigenvalue weighted by atomic mass is 14.8. The Labute approximate surface area is 115 Å². The lowest BCUT2D eigenvalue weighted by atomic mass is 9.67. The lowest BCUT2D eigenvalue weighted by Crippen LogP contribution is -2.42. The van der Waals surface area contributed by atoms with Crippen LogP contribution >= 0.6 is 0 Å². The molecule has 100 valence electrons. The van der Waals surface area contributed by atoms with Crippen LogP contribution in [0.1, 0.15) is 45.1 Å². The summed E-state index contributed by atoms with van der Waals surface area (Å²) in [6, 6.07) is 8.51. The van der Waals surface area contributed by atoms with E-state index in [0.717, 1.165) is 12.8 Å². The van der Waals surface area contributed by atoms with Gasteiger partial charge >= 0.3 is 0 Å². The van der Waals surface area contributed by atoms with E-state index in [1.165, 1.54) is 29.2 Å². The molecule has 0 spiro atoms. The lowest BCUT2D eigenvalue weighted by molar-refractivity contribution is 0.166. The minimum atomic E-state index is -0.170. The Kier molecular flexibility index (Phi) is 2.86. The Morgan fingerprint density at radius 2 is 1.79 bits per heavy atom. The van der Waals surface area contributed by atoms with Crippen LogP contribution in [0.5, 0.6) is 0 Å². The van der Waals surface area contributed by atoms with Gasteiger partial charge in [0.1, 0.15) is 0 Å². The summed E-state index contributed by atoms with van der Waals surface area (Å²) < 4.78 is 0. The average molecular weight is 254 g/mol. The van der Waals surface area contributed by atoms with Gasteiger partial charge in [0.05, 0.1) is 0 Å². The van der Waals surface area contributed by atoms with E-state index in [0.29, 0.717) is 5.41 Å². The summed E-state index contributed by atoms with van der Waals surface area (Å²) >= 11 is 0. The SMILES string of the molecule is CC1(C)CCC(N)(c2cccc3cnccc23)CC1. The van der Waals surface area contributed by atoms with Crippen LogP contribution in [0.25, 0.3) is 10.8 Å². The molecule has 0 atom stereocenters. The molecule has 0 bridgehead atoms. The van der Waals surface area contributed by atoms with Gasteiger partial charge < -0.3 is 5.73 Å². The van der Waals surface area contributed by atoms with Crippen molar-refractivity contribution in [1.82, 2.24) is 4.98 Å². The molecule has 0 saturated heterocycles. The normalized spacial score (nSPS) is 21.4. The van der Waals surface area contributed by atoms with Crippen LogP contribution in [0.3, 0.4) is 0 Å². The second-order valence-corrected chi connectivity index (χ2v) is 6.72. The number of nitrogens with zero attached hydrogens (tertiary/aromatic N) is 1. The van der Waals surface area contributed by atoms with Crippen LogP contribution < -0.4 is 5.73 Å². The van der Waals surface area contributed by atoms with Gasteiger partial charge in [0.25, 0.3) is 0 Å². The van der Waals surface area contributed by atoms with E-state index in [1.54, 1.807) is 0 Å². The van der Waals surface area contributed by atoms with Gasteiger partial charge in [-0.05, 0) is 48.1 Å². The second kappa shape index (κ2) is 4.31. The summed E-state index contributed by atoms with van der Waals surface area (Å²) in [6.45, 7) is 4.69. The highest BCUT2D eigenvalue weighted by Gasteiger charge is 2.37. The molecule has 0 radical (unpaired) electrons. The van der Waals surface area contributed by atoms with Crippen molar-refractivity contribution in [2.24, 2.45) is 11.1 Å². The summed E-state index contributed by atoms with van der Waals surface area (Å²) in [5.41, 5.74) is 8.31. The Morgan fingerprint density at radius 3 is 2.53 bits per heavy atom. The Morgan fingerprint density at radius 1 is 1.05 bits per heavy atom. The van der Waals surface area contributed by atoms with Crippen LogP contribution in [0.2, 0.25) is 0 Å². The molecular weight excluding hydrogens is 232 g/mol. The molecule has 0 amide bonds. The minimum absolute atomic E-state index is 0.170. The smallest absolute Gasteiger partial charge is 0.0416 e. The first kappa shape index (κ1) is 12.6. The van der Waals surface area contributed by atoms with E-state index in [-0.39, 0.29) is 5.54 Å². The van der Waals surface area contributed by atoms with Crippen LogP contribution in [-0.2, 0) is 5.54 Å². The van der Waals surface area contributed by atoms with E-state index < -0.39 is 0 Å². The number of fused-ring (bicyclic) bond motifs is 1. The lowest BCUT2D eigenvalue weighted by Gasteiger charge is -2.42. The molecule has 1 aromatic heterocycles. The quantitative estimate of drug-likeness (QED) is 0.835. The molecular formula is C17H22N2. The van der Waals surface area contributed by atoms with Gasteiger partial charge in [0.15, 0.2) is 0 Å². The van der Waals surface area contributed by atoms with Crippen molar-refractivity contribution in [3.05, 3.63) is 42.2 Å². The molecule has 1 heterocycles. The molecule has 2 nitrogen and oxygen atoms in total. The fourth-order valence-corrected chi connectivity index (χ4v) is 3.20. The number of hydrogen-bond acceptors (Lipinski definition) is 2. The van der Waals surface area contributed by atoms with E-state index in [2.05, 4.69) is 43.1 Å². The van der Waals surface area contributed by atoms with Crippen molar-refractivity contribution in [3.63, 3.8) is 0 Å². The summed E-state index contributed by atoms with van der Waals surface area (Å²) in [6.07, 6.45) is 8.33. The first-order chi connectivity index (χ1) is 9.00. The summed E-state index contributed by atoms with van der Waals surface area (Å²) in [4.78, 5) is 4.20. The molecule has 1 saturated carbocycles. The number of hydrogen-bond donors (Lipinski definition) is 1. The van der Waals surface area contributed by atoms with Gasteiger partial charge in [-0.15, -0.1) is 0 Å². The molecule has 1 aliphatic rings. The summed E-state index contributed by atoms with van der Waals surface area (Å²) in [5, 5.41) is 2.45. The molecule has 0 aliphatic heterocycles. The van der Waals surface area contributed by atoms with E-state index in [1.807, 2.05) is 12.4 Å². The van der Waals surface area contributed by atoms with Gasteiger partial charge in [0.2, 0.25) is 0 Å². The maximum atomic E-state index is 6.75. The monoisotopic (exact) mass is 254 g/mol. The average Bonchev–Trinajstić information content (AvgIpc) is 2.42. The molecule has 2 N–H and O–H groups in total. The third-order valence-corrected chi connectivity index (χ3v) is 4.71. The zero-order chi connectivity index (χ0) is 13.5. The topological polar surface area (TPSA) is 38.9 Å². The maximum absolute atomic E-state index is 6.75. The number of nitrogens with two attached hydrogens (primary N) is 1. The zero-order valence-electron chi connectivity index (χ0n) is 11.8. The largest absolute Gasteiger partial charge is 0.321 e. The first-order valence-electron chi connectivity index (χ1n) is 7.12. The Balaban J connectivity index is 2.05. The van der Waals surface area contributed by atoms with Crippen molar-refractivity contribution in [2.45, 2.75) is 45.1 Å². The van der Waals surface area contributed by atoms with Crippen molar-refractivity contribution in [3.8, 4) is 0 Å². The summed E-state index contributed by atoms with van der Waals surface area (Å²) in [5.74, 6) is 0. The number of benzene rings is 1. The van der Waals surface area contributed by atoms with Crippen molar-refractivity contribution >= 4 is 10.8 Å². The van der Waals surface area contributed by atoms with Crippen LogP contribution in [0, 0.1) is 5.41 Å². The predicted molar refractivity (Wildman–Crippen MR) is 79.9 cm³/mol. The Hall–Kier alpha value is -1.41. The van der Waals surface area contributed by atoms with Gasteiger partial charge in [-0.3, -0.25) is 4.98 Å². The van der Waals surface area contributed by atoms with Crippen molar-refractivity contribution in [2.75, 3.05) is 0 Å². The first-order valence-corrected chi connectivity index (χ1v) is 7.12. The maximum Gasteiger partial charge on any atom is 0.0416 e. The van der Waals surface area contributed by atoms with Crippen LogP contribution in [-0.4, -0.2) is 4.98 Å². The predicted octanol–water partition coefficient (Wildman–Crippen LogP) is 3.99. The fourth-order valence-electron chi connectivity index (χ4n) is 3.20. The molecule has 2 heteroatoms. The molecule has 1 aliphatic carbocycles. The van der Waals surface area contributed by atoms with Crippen molar-refractivity contribution in [1.29, 1.82) is 0 Å². The van der Waals surface area contributed by atoms with Gasteiger partial charge in [-0.1, -0.05) is 32.0 Å². The standard InChI is InChI=1S/C17H22N2/c1-16(2)7-9-17(18,10-8-16)15-5-3-4-13-12-19-11-6-14(13)15/h3-6,11-12H,7-10,18H2,1-2H3. The molecule has 19 heavy (non-hydrogen) atoms. The summed E-state index contributed by atoms with van der Waals surface area (Å²) in [7, 11) is 0. The molecule has 3 rings (SSSR count). The van der Waals surface area contributed by atoms with Gasteiger partial charge in [0, 0.05) is 23.3 Å². The molecule has 2 aromatic rings. The highest BCUT2D eigenvalue weighted by molar-refractivity contribution is 5.85. The van der Waals surface area contributed by atoms with E-state index in [9.17, 15) is 0 Å². The zero-order valence-corrected chi connectivity index (χ0v) is 11.8. The third-order valence-electron chi connectivity index (χ3n) is 4.71. The van der Waals surface area contributed by atoms with Crippen LogP contribution in [0.4, 0.5) is 0 Å².